The molecule has 1 aliphatic rings. The summed E-state index contributed by atoms with van der Waals surface area (Å²) in [4.78, 5) is 13.0. The van der Waals surface area contributed by atoms with E-state index in [0.717, 1.165) is 11.1 Å². The zero-order valence-electron chi connectivity index (χ0n) is 12.6. The highest BCUT2D eigenvalue weighted by Crippen LogP contribution is 2.58. The van der Waals surface area contributed by atoms with E-state index in [9.17, 15) is 9.90 Å². The molecule has 0 saturated heterocycles. The van der Waals surface area contributed by atoms with Gasteiger partial charge in [-0.3, -0.25) is 4.79 Å². The maximum Gasteiger partial charge on any atom is 0.171 e. The molecule has 0 aromatic heterocycles. The molecule has 22 heavy (non-hydrogen) atoms. The third kappa shape index (κ3) is 1.71. The smallest absolute Gasteiger partial charge is 0.171 e. The highest BCUT2D eigenvalue weighted by Gasteiger charge is 2.57. The second kappa shape index (κ2) is 4.74. The summed E-state index contributed by atoms with van der Waals surface area (Å²) in [5, 5.41) is 10.2. The third-order valence-electron chi connectivity index (χ3n) is 5.12. The summed E-state index contributed by atoms with van der Waals surface area (Å²) in [5.41, 5.74) is 0.857. The van der Waals surface area contributed by atoms with Gasteiger partial charge in [0.25, 0.3) is 0 Å². The molecule has 2 aromatic carbocycles. The van der Waals surface area contributed by atoms with Crippen molar-refractivity contribution in [1.29, 1.82) is 0 Å². The number of hydrogen-bond donors (Lipinski definition) is 1. The Kier molecular flexibility index (Phi) is 3.32. The molecule has 0 spiro atoms. The minimum atomic E-state index is -0.697. The fourth-order valence-corrected chi connectivity index (χ4v) is 3.83. The Balaban J connectivity index is 2.42. The Morgan fingerprint density at radius 2 is 1.59 bits per heavy atom. The number of aromatic hydroxyl groups is 1. The third-order valence-corrected chi connectivity index (χ3v) is 5.98. The Bertz CT molecular complexity index is 781. The first-order chi connectivity index (χ1) is 10.2. The van der Waals surface area contributed by atoms with Crippen molar-refractivity contribution in [2.24, 2.45) is 5.41 Å². The Hall–Kier alpha value is -1.51. The molecule has 0 saturated carbocycles. The average molecular weight is 335 g/mol. The zero-order valence-corrected chi connectivity index (χ0v) is 14.1. The minimum absolute atomic E-state index is 0.0295. The molecule has 1 aliphatic carbocycles. The van der Waals surface area contributed by atoms with Crippen molar-refractivity contribution in [2.45, 2.75) is 26.2 Å². The number of Topliss-reactive ketones (excluding diaryl/α,β-unsaturated/α-hetero) is 1. The molecule has 3 rings (SSSR count). The number of halogens is 2. The van der Waals surface area contributed by atoms with Crippen LogP contribution in [0.1, 0.15) is 42.3 Å². The van der Waals surface area contributed by atoms with Crippen LogP contribution in [-0.2, 0) is 5.41 Å². The molecule has 2 aromatic rings. The predicted octanol–water partition coefficient (Wildman–Crippen LogP) is 5.23. The van der Waals surface area contributed by atoms with E-state index in [4.69, 9.17) is 23.2 Å². The summed E-state index contributed by atoms with van der Waals surface area (Å²) in [6.07, 6.45) is 0. The molecule has 1 atom stereocenters. The van der Waals surface area contributed by atoms with Gasteiger partial charge in [-0.15, -0.1) is 0 Å². The van der Waals surface area contributed by atoms with E-state index < -0.39 is 10.8 Å². The van der Waals surface area contributed by atoms with Gasteiger partial charge in [0.15, 0.2) is 5.78 Å². The fraction of sp³-hybridized carbons (Fsp3) is 0.278. The summed E-state index contributed by atoms with van der Waals surface area (Å²) in [6.45, 7) is 5.82. The van der Waals surface area contributed by atoms with Crippen LogP contribution in [0.25, 0.3) is 0 Å². The normalized spacial score (nSPS) is 22.7. The molecule has 2 nitrogen and oxygen atoms in total. The lowest BCUT2D eigenvalue weighted by atomic mass is 9.63. The molecule has 0 heterocycles. The van der Waals surface area contributed by atoms with Crippen molar-refractivity contribution in [3.05, 3.63) is 63.1 Å². The molecule has 1 N–H and O–H groups in total. The van der Waals surface area contributed by atoms with E-state index in [2.05, 4.69) is 0 Å². The van der Waals surface area contributed by atoms with E-state index in [0.29, 0.717) is 5.56 Å². The van der Waals surface area contributed by atoms with E-state index >= 15 is 0 Å². The first kappa shape index (κ1) is 15.4. The molecule has 0 bridgehead atoms. The zero-order chi connectivity index (χ0) is 16.3. The van der Waals surface area contributed by atoms with Crippen LogP contribution in [0.3, 0.4) is 0 Å². The number of hydrogen-bond acceptors (Lipinski definition) is 2. The lowest BCUT2D eigenvalue weighted by molar-refractivity contribution is 0.0795. The Labute approximate surface area is 139 Å². The average Bonchev–Trinajstić information content (AvgIpc) is 2.65. The van der Waals surface area contributed by atoms with Crippen molar-refractivity contribution in [3.8, 4) is 5.75 Å². The monoisotopic (exact) mass is 334 g/mol. The maximum absolute atomic E-state index is 13.0. The first-order valence-corrected chi connectivity index (χ1v) is 7.80. The van der Waals surface area contributed by atoms with Crippen LogP contribution in [0.15, 0.2) is 36.4 Å². The number of carbonyl (C=O) groups excluding carboxylic acids is 1. The number of carbonyl (C=O) groups is 1. The molecular formula is C18H16Cl2O2. The van der Waals surface area contributed by atoms with Crippen LogP contribution in [0.2, 0.25) is 10.0 Å². The number of phenols is 1. The van der Waals surface area contributed by atoms with Gasteiger partial charge in [0, 0.05) is 16.4 Å². The van der Waals surface area contributed by atoms with Gasteiger partial charge in [-0.1, -0.05) is 74.3 Å². The van der Waals surface area contributed by atoms with Gasteiger partial charge >= 0.3 is 0 Å². The van der Waals surface area contributed by atoms with Crippen molar-refractivity contribution in [3.63, 3.8) is 0 Å². The molecule has 0 aliphatic heterocycles. The van der Waals surface area contributed by atoms with Crippen molar-refractivity contribution in [2.75, 3.05) is 0 Å². The largest absolute Gasteiger partial charge is 0.506 e. The first-order valence-electron chi connectivity index (χ1n) is 7.04. The van der Waals surface area contributed by atoms with Crippen molar-refractivity contribution < 1.29 is 9.90 Å². The number of ketones is 1. The van der Waals surface area contributed by atoms with Crippen molar-refractivity contribution >= 4 is 29.0 Å². The molecular weight excluding hydrogens is 319 g/mol. The highest BCUT2D eigenvalue weighted by molar-refractivity contribution is 6.45. The van der Waals surface area contributed by atoms with Crippen LogP contribution < -0.4 is 0 Å². The van der Waals surface area contributed by atoms with E-state index in [1.54, 1.807) is 6.07 Å². The number of phenolic OH excluding ortho intramolecular Hbond substituents is 1. The van der Waals surface area contributed by atoms with Crippen LogP contribution in [0, 0.1) is 5.41 Å². The van der Waals surface area contributed by atoms with Crippen LogP contribution in [0.4, 0.5) is 0 Å². The van der Waals surface area contributed by atoms with Gasteiger partial charge in [-0.05, 0) is 17.2 Å². The van der Waals surface area contributed by atoms with Gasteiger partial charge in [-0.2, -0.15) is 0 Å². The molecule has 0 radical (unpaired) electrons. The lowest BCUT2D eigenvalue weighted by Gasteiger charge is -2.38. The van der Waals surface area contributed by atoms with E-state index in [1.165, 1.54) is 0 Å². The van der Waals surface area contributed by atoms with Crippen molar-refractivity contribution in [1.82, 2.24) is 0 Å². The SMILES string of the molecule is CC1(C)C(=O)c2c(cc(O)c(Cl)c2Cl)C1(C)c1ccccc1. The number of rotatable bonds is 1. The van der Waals surface area contributed by atoms with Gasteiger partial charge in [-0.25, -0.2) is 0 Å². The molecule has 1 unspecified atom stereocenters. The number of fused-ring (bicyclic) bond motifs is 1. The molecule has 0 fully saturated rings. The van der Waals surface area contributed by atoms with Gasteiger partial charge < -0.3 is 5.11 Å². The summed E-state index contributed by atoms with van der Waals surface area (Å²) < 4.78 is 0. The summed E-state index contributed by atoms with van der Waals surface area (Å²) in [7, 11) is 0. The molecule has 4 heteroatoms. The topological polar surface area (TPSA) is 37.3 Å². The Morgan fingerprint density at radius 3 is 2.18 bits per heavy atom. The van der Waals surface area contributed by atoms with Crippen LogP contribution in [0.5, 0.6) is 5.75 Å². The van der Waals surface area contributed by atoms with Crippen LogP contribution in [-0.4, -0.2) is 10.9 Å². The second-order valence-electron chi connectivity index (χ2n) is 6.39. The summed E-state index contributed by atoms with van der Waals surface area (Å²) in [6, 6.07) is 11.4. The maximum atomic E-state index is 13.0. The summed E-state index contributed by atoms with van der Waals surface area (Å²) in [5.74, 6) is -0.154. The fourth-order valence-electron chi connectivity index (χ4n) is 3.39. The van der Waals surface area contributed by atoms with Gasteiger partial charge in [0.05, 0.1) is 5.02 Å². The molecule has 0 amide bonds. The lowest BCUT2D eigenvalue weighted by Crippen LogP contribution is -2.39. The predicted molar refractivity (Wildman–Crippen MR) is 89.1 cm³/mol. The molecule has 114 valence electrons. The van der Waals surface area contributed by atoms with Gasteiger partial charge in [0.1, 0.15) is 10.8 Å². The minimum Gasteiger partial charge on any atom is -0.506 e. The highest BCUT2D eigenvalue weighted by atomic mass is 35.5. The van der Waals surface area contributed by atoms with E-state index in [1.807, 2.05) is 51.1 Å². The van der Waals surface area contributed by atoms with Gasteiger partial charge in [0.2, 0.25) is 0 Å². The number of benzene rings is 2. The quantitative estimate of drug-likeness (QED) is 0.775. The summed E-state index contributed by atoms with van der Waals surface area (Å²) >= 11 is 12.3. The standard InChI is InChI=1S/C18H16Cl2O2/c1-17(2)16(22)13-11(9-12(21)14(19)15(13)20)18(17,3)10-7-5-4-6-8-10/h4-9,21H,1-3H3. The second-order valence-corrected chi connectivity index (χ2v) is 7.15. The Morgan fingerprint density at radius 1 is 1.00 bits per heavy atom. The van der Waals surface area contributed by atoms with E-state index in [-0.39, 0.29) is 21.6 Å². The van der Waals surface area contributed by atoms with Crippen LogP contribution >= 0.6 is 23.2 Å².